The van der Waals surface area contributed by atoms with Crippen molar-refractivity contribution in [3.8, 4) is 11.5 Å². The van der Waals surface area contributed by atoms with Gasteiger partial charge in [0.25, 0.3) is 0 Å². The molecule has 31 heavy (non-hydrogen) atoms. The fraction of sp³-hybridized carbons (Fsp3) is 0.556. The summed E-state index contributed by atoms with van der Waals surface area (Å²) in [4.78, 5) is 0. The van der Waals surface area contributed by atoms with Gasteiger partial charge in [-0.1, -0.05) is 120 Å². The maximum atomic E-state index is 13.4. The van der Waals surface area contributed by atoms with E-state index in [0.29, 0.717) is 17.7 Å². The van der Waals surface area contributed by atoms with Crippen LogP contribution in [0.5, 0.6) is 11.5 Å². The van der Waals surface area contributed by atoms with Gasteiger partial charge in [0.15, 0.2) is 0 Å². The molecule has 0 aliphatic heterocycles. The molecule has 4 heteroatoms. The van der Waals surface area contributed by atoms with Crippen molar-refractivity contribution >= 4 is 7.60 Å². The van der Waals surface area contributed by atoms with E-state index in [1.807, 2.05) is 60.7 Å². The molecule has 172 valence electrons. The second-order valence-corrected chi connectivity index (χ2v) is 10.4. The molecule has 0 aliphatic carbocycles. The molecule has 0 aromatic heterocycles. The average molecular weight is 445 g/mol. The Kier molecular flexibility index (Phi) is 13.2. The van der Waals surface area contributed by atoms with E-state index in [9.17, 15) is 4.57 Å². The Morgan fingerprint density at radius 3 is 1.29 bits per heavy atom. The van der Waals surface area contributed by atoms with Crippen LogP contribution in [0.1, 0.15) is 90.4 Å². The van der Waals surface area contributed by atoms with Gasteiger partial charge in [-0.3, -0.25) is 0 Å². The summed E-state index contributed by atoms with van der Waals surface area (Å²) < 4.78 is 25.1. The highest BCUT2D eigenvalue weighted by atomic mass is 31.2. The Labute approximate surface area is 190 Å². The molecule has 0 aliphatic rings. The average Bonchev–Trinajstić information content (AvgIpc) is 2.78. The van der Waals surface area contributed by atoms with Crippen LogP contribution >= 0.6 is 7.60 Å². The van der Waals surface area contributed by atoms with Crippen LogP contribution in [-0.2, 0) is 4.57 Å². The van der Waals surface area contributed by atoms with Gasteiger partial charge in [0.1, 0.15) is 11.5 Å². The number of unbranched alkanes of at least 4 members (excludes halogenated alkanes) is 12. The SMILES string of the molecule is CCCCCCCCCCCCCCCP(=O)(Oc1ccccc1)Oc1ccccc1. The fourth-order valence-corrected chi connectivity index (χ4v) is 5.43. The minimum absolute atomic E-state index is 0.439. The lowest BCUT2D eigenvalue weighted by Gasteiger charge is -2.20. The monoisotopic (exact) mass is 444 g/mol. The Morgan fingerprint density at radius 2 is 0.903 bits per heavy atom. The first-order valence-corrected chi connectivity index (χ1v) is 14.0. The van der Waals surface area contributed by atoms with E-state index in [1.54, 1.807) is 0 Å². The van der Waals surface area contributed by atoms with Gasteiger partial charge in [-0.2, -0.15) is 0 Å². The first kappa shape index (κ1) is 25.5. The highest BCUT2D eigenvalue weighted by Crippen LogP contribution is 2.49. The van der Waals surface area contributed by atoms with Gasteiger partial charge < -0.3 is 9.05 Å². The van der Waals surface area contributed by atoms with E-state index in [2.05, 4.69) is 6.92 Å². The number of para-hydroxylation sites is 2. The number of hydrogen-bond donors (Lipinski definition) is 0. The predicted molar refractivity (Wildman–Crippen MR) is 132 cm³/mol. The quantitative estimate of drug-likeness (QED) is 0.170. The summed E-state index contributed by atoms with van der Waals surface area (Å²) in [6.45, 7) is 2.27. The van der Waals surface area contributed by atoms with Crippen molar-refractivity contribution in [3.05, 3.63) is 60.7 Å². The molecule has 0 radical (unpaired) electrons. The third-order valence-corrected chi connectivity index (χ3v) is 7.35. The van der Waals surface area contributed by atoms with E-state index < -0.39 is 7.60 Å². The largest absolute Gasteiger partial charge is 0.430 e. The van der Waals surface area contributed by atoms with Crippen LogP contribution in [0.4, 0.5) is 0 Å². The Morgan fingerprint density at radius 1 is 0.548 bits per heavy atom. The van der Waals surface area contributed by atoms with Crippen LogP contribution in [0, 0.1) is 0 Å². The second-order valence-electron chi connectivity index (χ2n) is 8.39. The lowest BCUT2D eigenvalue weighted by atomic mass is 10.1. The van der Waals surface area contributed by atoms with Crippen LogP contribution in [0.2, 0.25) is 0 Å². The van der Waals surface area contributed by atoms with Gasteiger partial charge in [0.05, 0.1) is 6.16 Å². The zero-order valence-electron chi connectivity index (χ0n) is 19.3. The second kappa shape index (κ2) is 16.0. The van der Waals surface area contributed by atoms with E-state index in [4.69, 9.17) is 9.05 Å². The summed E-state index contributed by atoms with van der Waals surface area (Å²) in [5, 5.41) is 0. The van der Waals surface area contributed by atoms with Gasteiger partial charge in [-0.05, 0) is 30.7 Å². The third-order valence-electron chi connectivity index (χ3n) is 5.51. The summed E-state index contributed by atoms with van der Waals surface area (Å²) in [5.74, 6) is 1.19. The molecular formula is C27H41O3P. The Bertz CT molecular complexity index is 672. The predicted octanol–water partition coefficient (Wildman–Crippen LogP) is 9.43. The summed E-state index contributed by atoms with van der Waals surface area (Å²) in [5.41, 5.74) is 0. The summed E-state index contributed by atoms with van der Waals surface area (Å²) in [6, 6.07) is 18.7. The van der Waals surface area contributed by atoms with E-state index in [-0.39, 0.29) is 0 Å². The molecular weight excluding hydrogens is 403 g/mol. The fourth-order valence-electron chi connectivity index (χ4n) is 3.72. The van der Waals surface area contributed by atoms with Crippen molar-refractivity contribution < 1.29 is 13.6 Å². The van der Waals surface area contributed by atoms with Crippen molar-refractivity contribution in [2.24, 2.45) is 0 Å². The third kappa shape index (κ3) is 12.0. The van der Waals surface area contributed by atoms with Crippen molar-refractivity contribution in [2.45, 2.75) is 90.4 Å². The van der Waals surface area contributed by atoms with Crippen LogP contribution in [0.3, 0.4) is 0 Å². The molecule has 0 atom stereocenters. The van der Waals surface area contributed by atoms with Crippen LogP contribution in [-0.4, -0.2) is 6.16 Å². The van der Waals surface area contributed by atoms with E-state index >= 15 is 0 Å². The summed E-state index contributed by atoms with van der Waals surface area (Å²) in [6.07, 6.45) is 17.2. The van der Waals surface area contributed by atoms with Crippen LogP contribution < -0.4 is 9.05 Å². The van der Waals surface area contributed by atoms with Gasteiger partial charge in [-0.15, -0.1) is 0 Å². The normalized spacial score (nSPS) is 11.4. The molecule has 2 aromatic carbocycles. The van der Waals surface area contributed by atoms with Gasteiger partial charge in [-0.25, -0.2) is 4.57 Å². The Hall–Kier alpha value is -1.73. The smallest absolute Gasteiger partial charge is 0.416 e. The molecule has 0 spiro atoms. The summed E-state index contributed by atoms with van der Waals surface area (Å²) in [7, 11) is -3.25. The lowest BCUT2D eigenvalue weighted by molar-refractivity contribution is 0.383. The van der Waals surface area contributed by atoms with E-state index in [1.165, 1.54) is 70.6 Å². The molecule has 3 nitrogen and oxygen atoms in total. The molecule has 2 aromatic rings. The molecule has 2 rings (SSSR count). The molecule has 0 saturated heterocycles. The minimum Gasteiger partial charge on any atom is -0.416 e. The molecule has 0 heterocycles. The number of rotatable bonds is 18. The van der Waals surface area contributed by atoms with Gasteiger partial charge in [0, 0.05) is 0 Å². The first-order chi connectivity index (χ1) is 15.2. The topological polar surface area (TPSA) is 35.5 Å². The minimum atomic E-state index is -3.25. The summed E-state index contributed by atoms with van der Waals surface area (Å²) >= 11 is 0. The molecule has 0 N–H and O–H groups in total. The van der Waals surface area contributed by atoms with Gasteiger partial charge >= 0.3 is 7.60 Å². The first-order valence-electron chi connectivity index (χ1n) is 12.3. The zero-order valence-corrected chi connectivity index (χ0v) is 20.2. The Balaban J connectivity index is 1.63. The highest BCUT2D eigenvalue weighted by Gasteiger charge is 2.27. The standard InChI is InChI=1S/C27H41O3P/c1-2-3-4-5-6-7-8-9-10-11-12-13-20-25-31(28,29-26-21-16-14-17-22-26)30-27-23-18-15-19-24-27/h14-19,21-24H,2-13,20,25H2,1H3. The maximum Gasteiger partial charge on any atom is 0.430 e. The van der Waals surface area contributed by atoms with Crippen molar-refractivity contribution in [1.82, 2.24) is 0 Å². The molecule has 0 amide bonds. The highest BCUT2D eigenvalue weighted by molar-refractivity contribution is 7.54. The molecule has 0 saturated carbocycles. The van der Waals surface area contributed by atoms with Crippen molar-refractivity contribution in [3.63, 3.8) is 0 Å². The number of hydrogen-bond acceptors (Lipinski definition) is 3. The zero-order chi connectivity index (χ0) is 22.0. The molecule has 0 unspecified atom stereocenters. The maximum absolute atomic E-state index is 13.4. The van der Waals surface area contributed by atoms with Gasteiger partial charge in [0.2, 0.25) is 0 Å². The van der Waals surface area contributed by atoms with Crippen LogP contribution in [0.15, 0.2) is 60.7 Å². The number of benzene rings is 2. The molecule has 0 bridgehead atoms. The molecule has 0 fully saturated rings. The van der Waals surface area contributed by atoms with Crippen LogP contribution in [0.25, 0.3) is 0 Å². The van der Waals surface area contributed by atoms with E-state index in [0.717, 1.165) is 12.8 Å². The van der Waals surface area contributed by atoms with Crippen molar-refractivity contribution in [1.29, 1.82) is 0 Å². The lowest BCUT2D eigenvalue weighted by Crippen LogP contribution is -2.05. The van der Waals surface area contributed by atoms with Crippen molar-refractivity contribution in [2.75, 3.05) is 6.16 Å².